The monoisotopic (exact) mass is 401 g/mol. The molecule has 1 aliphatic carbocycles. The lowest BCUT2D eigenvalue weighted by Crippen LogP contribution is -2.25. The van der Waals surface area contributed by atoms with Gasteiger partial charge in [-0.2, -0.15) is 0 Å². The van der Waals surface area contributed by atoms with Crippen LogP contribution in [0.25, 0.3) is 10.9 Å². The van der Waals surface area contributed by atoms with Gasteiger partial charge in [0.15, 0.2) is 0 Å². The first kappa shape index (κ1) is 20.0. The smallest absolute Gasteiger partial charge is 0.252 e. The number of nitrogens with zero attached hydrogens (tertiary/aromatic N) is 1. The third-order valence-corrected chi connectivity index (χ3v) is 5.45. The number of rotatable bonds is 7. The second-order valence-corrected chi connectivity index (χ2v) is 7.51. The summed E-state index contributed by atoms with van der Waals surface area (Å²) in [6.07, 6.45) is 8.10. The summed E-state index contributed by atoms with van der Waals surface area (Å²) in [5, 5.41) is 7.23. The molecule has 1 aromatic heterocycles. The lowest BCUT2D eigenvalue weighted by molar-refractivity contribution is 0.0955. The molecule has 0 unspecified atom stereocenters. The highest BCUT2D eigenvalue weighted by molar-refractivity contribution is 6.07. The molecule has 0 radical (unpaired) electrons. The van der Waals surface area contributed by atoms with Gasteiger partial charge in [-0.05, 0) is 56.4 Å². The second kappa shape index (κ2) is 9.44. The molecule has 0 bridgehead atoms. The number of allylic oxidation sites excluding steroid dienone is 1. The van der Waals surface area contributed by atoms with E-state index in [4.69, 9.17) is 4.74 Å². The third kappa shape index (κ3) is 4.62. The Hall–Kier alpha value is -3.34. The first-order chi connectivity index (χ1) is 14.7. The van der Waals surface area contributed by atoms with E-state index >= 15 is 0 Å². The highest BCUT2D eigenvalue weighted by Gasteiger charge is 2.14. The number of aromatic nitrogens is 1. The zero-order chi connectivity index (χ0) is 20.8. The first-order valence-corrected chi connectivity index (χ1v) is 10.5. The molecule has 30 heavy (non-hydrogen) atoms. The minimum atomic E-state index is -0.0758. The van der Waals surface area contributed by atoms with Gasteiger partial charge < -0.3 is 15.4 Å². The van der Waals surface area contributed by atoms with E-state index in [1.807, 2.05) is 54.6 Å². The van der Waals surface area contributed by atoms with Gasteiger partial charge in [0.1, 0.15) is 11.6 Å². The number of fused-ring (bicyclic) bond motifs is 1. The Morgan fingerprint density at radius 2 is 1.93 bits per heavy atom. The lowest BCUT2D eigenvalue weighted by atomic mass is 9.97. The van der Waals surface area contributed by atoms with E-state index in [2.05, 4.69) is 21.7 Å². The Morgan fingerprint density at radius 1 is 1.10 bits per heavy atom. The molecule has 5 nitrogen and oxygen atoms in total. The van der Waals surface area contributed by atoms with E-state index in [9.17, 15) is 4.79 Å². The highest BCUT2D eigenvalue weighted by atomic mass is 16.5. The minimum Gasteiger partial charge on any atom is -0.495 e. The Kier molecular flexibility index (Phi) is 6.28. The number of hydrogen-bond acceptors (Lipinski definition) is 4. The predicted octanol–water partition coefficient (Wildman–Crippen LogP) is 5.61. The maximum absolute atomic E-state index is 13.0. The van der Waals surface area contributed by atoms with Crippen LogP contribution >= 0.6 is 0 Å². The summed E-state index contributed by atoms with van der Waals surface area (Å²) >= 11 is 0. The van der Waals surface area contributed by atoms with Crippen molar-refractivity contribution in [3.05, 3.63) is 71.8 Å². The van der Waals surface area contributed by atoms with Gasteiger partial charge in [0.25, 0.3) is 5.91 Å². The molecule has 0 aliphatic heterocycles. The normalized spacial score (nSPS) is 13.6. The summed E-state index contributed by atoms with van der Waals surface area (Å²) in [6.45, 7) is 0.649. The number of para-hydroxylation sites is 3. The summed E-state index contributed by atoms with van der Waals surface area (Å²) < 4.78 is 5.42. The van der Waals surface area contributed by atoms with Gasteiger partial charge in [-0.1, -0.05) is 42.0 Å². The third-order valence-electron chi connectivity index (χ3n) is 5.45. The Balaban J connectivity index is 1.56. The maximum atomic E-state index is 13.0. The summed E-state index contributed by atoms with van der Waals surface area (Å²) in [7, 11) is 1.63. The van der Waals surface area contributed by atoms with Crippen molar-refractivity contribution in [3.8, 4) is 5.75 Å². The zero-order valence-corrected chi connectivity index (χ0v) is 17.3. The number of nitrogens with one attached hydrogen (secondary N) is 2. The van der Waals surface area contributed by atoms with E-state index in [-0.39, 0.29) is 5.91 Å². The van der Waals surface area contributed by atoms with Crippen molar-refractivity contribution >= 4 is 28.3 Å². The number of carbonyl (C=O) groups is 1. The number of amides is 1. The van der Waals surface area contributed by atoms with Crippen molar-refractivity contribution in [1.82, 2.24) is 10.3 Å². The molecule has 0 fully saturated rings. The molecule has 3 aromatic rings. The van der Waals surface area contributed by atoms with Crippen LogP contribution in [-0.2, 0) is 0 Å². The van der Waals surface area contributed by atoms with Crippen LogP contribution in [0.5, 0.6) is 5.75 Å². The lowest BCUT2D eigenvalue weighted by Gasteiger charge is -2.15. The van der Waals surface area contributed by atoms with Gasteiger partial charge in [-0.15, -0.1) is 0 Å². The van der Waals surface area contributed by atoms with Crippen LogP contribution < -0.4 is 15.4 Å². The van der Waals surface area contributed by atoms with Crippen molar-refractivity contribution in [2.45, 2.75) is 32.1 Å². The summed E-state index contributed by atoms with van der Waals surface area (Å²) in [4.78, 5) is 17.7. The van der Waals surface area contributed by atoms with Crippen LogP contribution in [0.4, 0.5) is 11.5 Å². The molecule has 1 aliphatic rings. The molecule has 2 N–H and O–H groups in total. The molecule has 2 aromatic carbocycles. The number of hydrogen-bond donors (Lipinski definition) is 2. The van der Waals surface area contributed by atoms with Crippen LogP contribution in [0.1, 0.15) is 42.5 Å². The molecule has 0 saturated heterocycles. The zero-order valence-electron chi connectivity index (χ0n) is 17.3. The molecule has 4 rings (SSSR count). The standard InChI is InChI=1S/C25H27N3O2/c1-30-23-14-8-7-13-22(23)28-24-17-20(19-11-5-6-12-21(19)27-24)25(29)26-16-15-18-9-3-2-4-10-18/h5-9,11-14,17H,2-4,10,15-16H2,1H3,(H,26,29)(H,27,28). The van der Waals surface area contributed by atoms with Gasteiger partial charge >= 0.3 is 0 Å². The van der Waals surface area contributed by atoms with E-state index in [1.54, 1.807) is 7.11 Å². The number of anilines is 2. The van der Waals surface area contributed by atoms with Crippen molar-refractivity contribution in [2.75, 3.05) is 19.0 Å². The van der Waals surface area contributed by atoms with E-state index in [1.165, 1.54) is 18.4 Å². The Labute approximate surface area is 177 Å². The topological polar surface area (TPSA) is 63.2 Å². The molecule has 0 atom stereocenters. The van der Waals surface area contributed by atoms with Crippen LogP contribution in [-0.4, -0.2) is 24.5 Å². The van der Waals surface area contributed by atoms with Crippen molar-refractivity contribution in [1.29, 1.82) is 0 Å². The number of pyridine rings is 1. The molecule has 1 amide bonds. The molecule has 1 heterocycles. The number of carbonyl (C=O) groups excluding carboxylic acids is 1. The quantitative estimate of drug-likeness (QED) is 0.505. The summed E-state index contributed by atoms with van der Waals surface area (Å²) in [6, 6.07) is 17.2. The molecule has 0 saturated carbocycles. The first-order valence-electron chi connectivity index (χ1n) is 10.5. The van der Waals surface area contributed by atoms with Crippen LogP contribution in [0.3, 0.4) is 0 Å². The van der Waals surface area contributed by atoms with Crippen LogP contribution in [0, 0.1) is 0 Å². The largest absolute Gasteiger partial charge is 0.495 e. The molecule has 0 spiro atoms. The number of ether oxygens (including phenoxy) is 1. The van der Waals surface area contributed by atoms with Crippen molar-refractivity contribution in [3.63, 3.8) is 0 Å². The predicted molar refractivity (Wildman–Crippen MR) is 122 cm³/mol. The van der Waals surface area contributed by atoms with Gasteiger partial charge in [0, 0.05) is 11.9 Å². The van der Waals surface area contributed by atoms with Crippen molar-refractivity contribution in [2.24, 2.45) is 0 Å². The van der Waals surface area contributed by atoms with Gasteiger partial charge in [-0.25, -0.2) is 4.98 Å². The van der Waals surface area contributed by atoms with Crippen LogP contribution in [0.2, 0.25) is 0 Å². The summed E-state index contributed by atoms with van der Waals surface area (Å²) in [5.74, 6) is 1.26. The van der Waals surface area contributed by atoms with E-state index in [0.29, 0.717) is 17.9 Å². The van der Waals surface area contributed by atoms with Gasteiger partial charge in [0.05, 0.1) is 23.9 Å². The SMILES string of the molecule is COc1ccccc1Nc1cc(C(=O)NCCC2=CCCCC2)c2ccccc2n1. The van der Waals surface area contributed by atoms with Crippen molar-refractivity contribution < 1.29 is 9.53 Å². The minimum absolute atomic E-state index is 0.0758. The average Bonchev–Trinajstić information content (AvgIpc) is 2.79. The maximum Gasteiger partial charge on any atom is 0.252 e. The molecular formula is C25H27N3O2. The highest BCUT2D eigenvalue weighted by Crippen LogP contribution is 2.28. The fourth-order valence-electron chi connectivity index (χ4n) is 3.88. The second-order valence-electron chi connectivity index (χ2n) is 7.51. The van der Waals surface area contributed by atoms with Gasteiger partial charge in [0.2, 0.25) is 0 Å². The number of methoxy groups -OCH3 is 1. The van der Waals surface area contributed by atoms with Crippen LogP contribution in [0.15, 0.2) is 66.2 Å². The Morgan fingerprint density at radius 3 is 2.77 bits per heavy atom. The van der Waals surface area contributed by atoms with Gasteiger partial charge in [-0.3, -0.25) is 4.79 Å². The van der Waals surface area contributed by atoms with E-state index in [0.717, 1.165) is 41.6 Å². The molecule has 5 heteroatoms. The molecule has 154 valence electrons. The summed E-state index contributed by atoms with van der Waals surface area (Å²) in [5.41, 5.74) is 3.66. The fraction of sp³-hybridized carbons (Fsp3) is 0.280. The number of benzene rings is 2. The average molecular weight is 402 g/mol. The Bertz CT molecular complexity index is 1070. The molecular weight excluding hydrogens is 374 g/mol. The van der Waals surface area contributed by atoms with E-state index < -0.39 is 0 Å². The fourth-order valence-corrected chi connectivity index (χ4v) is 3.88.